The van der Waals surface area contributed by atoms with Crippen LogP contribution in [0.4, 0.5) is 5.82 Å². The molecule has 5 heteroatoms. The van der Waals surface area contributed by atoms with Crippen molar-refractivity contribution in [3.8, 4) is 5.75 Å². The van der Waals surface area contributed by atoms with Gasteiger partial charge in [0.25, 0.3) is 0 Å². The van der Waals surface area contributed by atoms with E-state index in [1.807, 2.05) is 18.2 Å². The summed E-state index contributed by atoms with van der Waals surface area (Å²) in [4.78, 5) is 10.4. The Bertz CT molecular complexity index is 689. The highest BCUT2D eigenvalue weighted by atomic mass is 32.2. The second kappa shape index (κ2) is 5.22. The smallest absolute Gasteiger partial charge is 0.172 e. The third-order valence-corrected chi connectivity index (χ3v) is 5.15. The molecular formula is C16H17N3OS. The lowest BCUT2D eigenvalue weighted by Crippen LogP contribution is -2.21. The van der Waals surface area contributed by atoms with Gasteiger partial charge in [-0.1, -0.05) is 12.1 Å². The number of hydrogen-bond acceptors (Lipinski definition) is 5. The summed E-state index contributed by atoms with van der Waals surface area (Å²) < 4.78 is 6.06. The summed E-state index contributed by atoms with van der Waals surface area (Å²) in [6.45, 7) is 0. The zero-order valence-corrected chi connectivity index (χ0v) is 12.5. The van der Waals surface area contributed by atoms with Crippen LogP contribution in [0.3, 0.4) is 0 Å². The van der Waals surface area contributed by atoms with Crippen LogP contribution < -0.4 is 10.5 Å². The number of para-hydroxylation sites is 1. The minimum absolute atomic E-state index is 0.112. The van der Waals surface area contributed by atoms with Gasteiger partial charge in [-0.3, -0.25) is 0 Å². The molecule has 0 saturated heterocycles. The number of nitrogens with two attached hydrogens (primary N) is 1. The first-order valence-corrected chi connectivity index (χ1v) is 8.33. The standard InChI is InChI=1S/C16H17N3OS/c17-15-10-5-1-2-6-11(10)18-16(19-15)13-9-21-14-8-4-3-7-12(14)20-13/h3-4,7-8,13H,1-2,5-6,9H2,(H2,17,18,19). The van der Waals surface area contributed by atoms with Crippen molar-refractivity contribution in [2.45, 2.75) is 36.7 Å². The van der Waals surface area contributed by atoms with Crippen molar-refractivity contribution in [2.24, 2.45) is 0 Å². The molecule has 1 unspecified atom stereocenters. The summed E-state index contributed by atoms with van der Waals surface area (Å²) in [6, 6.07) is 8.10. The summed E-state index contributed by atoms with van der Waals surface area (Å²) in [7, 11) is 0. The minimum atomic E-state index is -0.112. The maximum atomic E-state index is 6.13. The van der Waals surface area contributed by atoms with Gasteiger partial charge in [0.05, 0.1) is 0 Å². The molecule has 2 N–H and O–H groups in total. The van der Waals surface area contributed by atoms with E-state index in [9.17, 15) is 0 Å². The number of fused-ring (bicyclic) bond motifs is 2. The number of anilines is 1. The van der Waals surface area contributed by atoms with Crippen LogP contribution in [0.5, 0.6) is 5.75 Å². The molecule has 0 bridgehead atoms. The van der Waals surface area contributed by atoms with Crippen LogP contribution in [0.2, 0.25) is 0 Å². The Morgan fingerprint density at radius 2 is 2.00 bits per heavy atom. The molecule has 2 aromatic rings. The molecule has 1 aromatic heterocycles. The average molecular weight is 299 g/mol. The largest absolute Gasteiger partial charge is 0.480 e. The third-order valence-electron chi connectivity index (χ3n) is 4.03. The molecule has 1 aliphatic heterocycles. The van der Waals surface area contributed by atoms with E-state index in [1.165, 1.54) is 17.7 Å². The SMILES string of the molecule is Nc1nc(C2CSc3ccccc3O2)nc2c1CCCC2. The van der Waals surface area contributed by atoms with Crippen molar-refractivity contribution < 1.29 is 4.74 Å². The van der Waals surface area contributed by atoms with E-state index >= 15 is 0 Å². The van der Waals surface area contributed by atoms with E-state index in [0.717, 1.165) is 41.4 Å². The normalized spacial score (nSPS) is 20.3. The Balaban J connectivity index is 1.67. The molecule has 1 aliphatic carbocycles. The van der Waals surface area contributed by atoms with Gasteiger partial charge in [0.1, 0.15) is 11.6 Å². The van der Waals surface area contributed by atoms with E-state index < -0.39 is 0 Å². The molecule has 2 aliphatic rings. The number of aromatic nitrogens is 2. The van der Waals surface area contributed by atoms with E-state index in [2.05, 4.69) is 11.1 Å². The van der Waals surface area contributed by atoms with Crippen LogP contribution in [0.15, 0.2) is 29.2 Å². The van der Waals surface area contributed by atoms with Crippen LogP contribution in [-0.4, -0.2) is 15.7 Å². The van der Waals surface area contributed by atoms with Crippen molar-refractivity contribution in [3.05, 3.63) is 41.3 Å². The first-order chi connectivity index (χ1) is 10.3. The number of nitrogen functional groups attached to an aromatic ring is 1. The molecule has 0 fully saturated rings. The zero-order chi connectivity index (χ0) is 14.2. The van der Waals surface area contributed by atoms with E-state index in [1.54, 1.807) is 11.8 Å². The maximum absolute atomic E-state index is 6.13. The second-order valence-electron chi connectivity index (χ2n) is 5.46. The maximum Gasteiger partial charge on any atom is 0.172 e. The average Bonchev–Trinajstić information content (AvgIpc) is 2.54. The Morgan fingerprint density at radius 3 is 2.95 bits per heavy atom. The molecule has 0 amide bonds. The number of benzene rings is 1. The first kappa shape index (κ1) is 13.0. The molecule has 0 radical (unpaired) electrons. The number of ether oxygens (including phenoxy) is 1. The number of aryl methyl sites for hydroxylation is 1. The van der Waals surface area contributed by atoms with E-state index in [4.69, 9.17) is 15.5 Å². The fourth-order valence-electron chi connectivity index (χ4n) is 2.93. The van der Waals surface area contributed by atoms with Gasteiger partial charge in [0.15, 0.2) is 11.9 Å². The Morgan fingerprint density at radius 1 is 1.14 bits per heavy atom. The van der Waals surface area contributed by atoms with Gasteiger partial charge < -0.3 is 10.5 Å². The van der Waals surface area contributed by atoms with Crippen LogP contribution in [0, 0.1) is 0 Å². The molecular weight excluding hydrogens is 282 g/mol. The summed E-state index contributed by atoms with van der Waals surface area (Å²) in [6.07, 6.45) is 4.27. The molecule has 1 aromatic carbocycles. The number of rotatable bonds is 1. The Kier molecular flexibility index (Phi) is 3.22. The molecule has 1 atom stereocenters. The van der Waals surface area contributed by atoms with E-state index in [-0.39, 0.29) is 6.10 Å². The summed E-state index contributed by atoms with van der Waals surface area (Å²) in [5.74, 6) is 3.12. The lowest BCUT2D eigenvalue weighted by Gasteiger charge is -2.26. The molecule has 0 saturated carbocycles. The predicted octanol–water partition coefficient (Wildman–Crippen LogP) is 3.16. The Hall–Kier alpha value is -1.75. The molecule has 4 rings (SSSR count). The highest BCUT2D eigenvalue weighted by molar-refractivity contribution is 7.99. The quantitative estimate of drug-likeness (QED) is 0.876. The van der Waals surface area contributed by atoms with Crippen LogP contribution in [-0.2, 0) is 12.8 Å². The number of hydrogen-bond donors (Lipinski definition) is 1. The molecule has 4 nitrogen and oxygen atoms in total. The van der Waals surface area contributed by atoms with Gasteiger partial charge in [-0.2, -0.15) is 0 Å². The fraction of sp³-hybridized carbons (Fsp3) is 0.375. The number of nitrogens with zero attached hydrogens (tertiary/aromatic N) is 2. The highest BCUT2D eigenvalue weighted by Gasteiger charge is 2.26. The molecule has 0 spiro atoms. The van der Waals surface area contributed by atoms with Crippen LogP contribution >= 0.6 is 11.8 Å². The van der Waals surface area contributed by atoms with Crippen molar-refractivity contribution in [3.63, 3.8) is 0 Å². The van der Waals surface area contributed by atoms with Gasteiger partial charge in [-0.15, -0.1) is 11.8 Å². The Labute approximate surface area is 128 Å². The monoisotopic (exact) mass is 299 g/mol. The second-order valence-corrected chi connectivity index (χ2v) is 6.53. The van der Waals surface area contributed by atoms with Crippen molar-refractivity contribution in [1.29, 1.82) is 0 Å². The molecule has 21 heavy (non-hydrogen) atoms. The lowest BCUT2D eigenvalue weighted by atomic mass is 9.96. The fourth-order valence-corrected chi connectivity index (χ4v) is 3.91. The summed E-state index contributed by atoms with van der Waals surface area (Å²) in [5, 5.41) is 0. The van der Waals surface area contributed by atoms with Gasteiger partial charge in [-0.05, 0) is 37.8 Å². The molecule has 2 heterocycles. The topological polar surface area (TPSA) is 61.0 Å². The van der Waals surface area contributed by atoms with Crippen molar-refractivity contribution >= 4 is 17.6 Å². The van der Waals surface area contributed by atoms with Crippen molar-refractivity contribution in [1.82, 2.24) is 9.97 Å². The van der Waals surface area contributed by atoms with E-state index in [0.29, 0.717) is 5.82 Å². The van der Waals surface area contributed by atoms with Gasteiger partial charge in [0, 0.05) is 21.9 Å². The highest BCUT2D eigenvalue weighted by Crippen LogP contribution is 2.39. The minimum Gasteiger partial charge on any atom is -0.480 e. The van der Waals surface area contributed by atoms with Gasteiger partial charge in [-0.25, -0.2) is 9.97 Å². The van der Waals surface area contributed by atoms with Gasteiger partial charge >= 0.3 is 0 Å². The number of thioether (sulfide) groups is 1. The van der Waals surface area contributed by atoms with Crippen LogP contribution in [0.25, 0.3) is 0 Å². The summed E-state index contributed by atoms with van der Waals surface area (Å²) in [5.41, 5.74) is 8.40. The predicted molar refractivity (Wildman–Crippen MR) is 83.6 cm³/mol. The first-order valence-electron chi connectivity index (χ1n) is 7.35. The molecule has 108 valence electrons. The zero-order valence-electron chi connectivity index (χ0n) is 11.7. The lowest BCUT2D eigenvalue weighted by molar-refractivity contribution is 0.210. The van der Waals surface area contributed by atoms with Crippen LogP contribution in [0.1, 0.15) is 36.0 Å². The van der Waals surface area contributed by atoms with Crippen molar-refractivity contribution in [2.75, 3.05) is 11.5 Å². The summed E-state index contributed by atoms with van der Waals surface area (Å²) >= 11 is 1.79. The van der Waals surface area contributed by atoms with Gasteiger partial charge in [0.2, 0.25) is 0 Å². The third kappa shape index (κ3) is 2.35.